The molecule has 0 aromatic heterocycles. The number of rotatable bonds is 0. The van der Waals surface area contributed by atoms with Crippen molar-refractivity contribution in [1.82, 2.24) is 0 Å². The van der Waals surface area contributed by atoms with Gasteiger partial charge in [0.05, 0.1) is 0 Å². The molecule has 0 fully saturated rings. The Labute approximate surface area is 71.0 Å². The lowest BCUT2D eigenvalue weighted by molar-refractivity contribution is 0.575. The van der Waals surface area contributed by atoms with Crippen molar-refractivity contribution in [1.29, 1.82) is 0 Å². The Morgan fingerprint density at radius 3 is 2.45 bits per heavy atom. The Kier molecular flexibility index (Phi) is 2.39. The van der Waals surface area contributed by atoms with Crippen molar-refractivity contribution in [2.45, 2.75) is 0 Å². The fourth-order valence-corrected chi connectivity index (χ4v) is 1.27. The molecule has 0 unspecified atom stereocenters. The van der Waals surface area contributed by atoms with Gasteiger partial charge >= 0.3 is 0 Å². The van der Waals surface area contributed by atoms with Crippen LogP contribution in [0.2, 0.25) is 0 Å². The van der Waals surface area contributed by atoms with Gasteiger partial charge in [-0.1, -0.05) is 22.5 Å². The molecule has 1 aromatic rings. The topological polar surface area (TPSA) is 0 Å². The second kappa shape index (κ2) is 3.13. The van der Waals surface area contributed by atoms with Crippen LogP contribution in [0.15, 0.2) is 12.1 Å². The molecule has 58 valence electrons. The van der Waals surface area contributed by atoms with Crippen LogP contribution in [0.1, 0.15) is 0 Å². The summed E-state index contributed by atoms with van der Waals surface area (Å²) in [5.41, 5.74) is 0. The standard InChI is InChI=1S/C8H5BrF2/c1-5-2-6(10)3-8(11)7(5)4-9/h2-4H,1H2. The first-order valence-corrected chi connectivity index (χ1v) is 3.81. The summed E-state index contributed by atoms with van der Waals surface area (Å²) in [5, 5.41) is 0.616. The highest BCUT2D eigenvalue weighted by atomic mass is 79.9. The van der Waals surface area contributed by atoms with E-state index in [1.165, 1.54) is 11.1 Å². The van der Waals surface area contributed by atoms with Crippen molar-refractivity contribution >= 4 is 27.5 Å². The van der Waals surface area contributed by atoms with Gasteiger partial charge in [-0.05, 0) is 16.3 Å². The van der Waals surface area contributed by atoms with E-state index in [0.29, 0.717) is 5.22 Å². The average molecular weight is 219 g/mol. The van der Waals surface area contributed by atoms with Crippen molar-refractivity contribution in [2.24, 2.45) is 0 Å². The second-order valence-electron chi connectivity index (χ2n) is 2.07. The molecule has 0 spiro atoms. The van der Waals surface area contributed by atoms with Crippen LogP contribution in [0.4, 0.5) is 8.78 Å². The zero-order valence-electron chi connectivity index (χ0n) is 5.57. The van der Waals surface area contributed by atoms with Gasteiger partial charge in [0, 0.05) is 11.3 Å². The van der Waals surface area contributed by atoms with E-state index in [0.717, 1.165) is 6.07 Å². The van der Waals surface area contributed by atoms with Crippen LogP contribution in [-0.2, 0) is 0 Å². The van der Waals surface area contributed by atoms with Crippen LogP contribution in [0, 0.1) is 11.6 Å². The van der Waals surface area contributed by atoms with Gasteiger partial charge in [-0.15, -0.1) is 0 Å². The molecule has 1 rings (SSSR count). The van der Waals surface area contributed by atoms with Gasteiger partial charge in [0.2, 0.25) is 0 Å². The van der Waals surface area contributed by atoms with Crippen molar-refractivity contribution in [3.05, 3.63) is 34.2 Å². The summed E-state index contributed by atoms with van der Waals surface area (Å²) in [6.07, 6.45) is 0. The maximum atomic E-state index is 12.8. The zero-order valence-corrected chi connectivity index (χ0v) is 7.16. The smallest absolute Gasteiger partial charge is 0.134 e. The molecule has 0 aliphatic carbocycles. The van der Waals surface area contributed by atoms with Crippen molar-refractivity contribution in [3.63, 3.8) is 0 Å². The molecule has 0 aliphatic rings. The van der Waals surface area contributed by atoms with Crippen molar-refractivity contribution in [2.75, 3.05) is 0 Å². The second-order valence-corrected chi connectivity index (χ2v) is 2.53. The van der Waals surface area contributed by atoms with Gasteiger partial charge in [-0.25, -0.2) is 8.78 Å². The largest absolute Gasteiger partial charge is 0.207 e. The monoisotopic (exact) mass is 218 g/mol. The lowest BCUT2D eigenvalue weighted by atomic mass is 10.2. The first-order valence-electron chi connectivity index (χ1n) is 2.89. The number of benzene rings is 1. The highest BCUT2D eigenvalue weighted by molar-refractivity contribution is 9.14. The molecule has 0 bridgehead atoms. The summed E-state index contributed by atoms with van der Waals surface area (Å²) in [4.78, 5) is 1.38. The summed E-state index contributed by atoms with van der Waals surface area (Å²) in [7, 11) is 0. The van der Waals surface area contributed by atoms with Gasteiger partial charge in [-0.3, -0.25) is 0 Å². The SMILES string of the molecule is C=c1cc(F)cc(F)c1=CBr. The highest BCUT2D eigenvalue weighted by Gasteiger charge is 1.96. The van der Waals surface area contributed by atoms with Crippen LogP contribution in [-0.4, -0.2) is 0 Å². The molecule has 0 amide bonds. The summed E-state index contributed by atoms with van der Waals surface area (Å²) in [5.74, 6) is -1.21. The van der Waals surface area contributed by atoms with Gasteiger partial charge in [-0.2, -0.15) is 0 Å². The maximum absolute atomic E-state index is 12.8. The molecule has 0 aliphatic heterocycles. The third-order valence-corrected chi connectivity index (χ3v) is 1.75. The van der Waals surface area contributed by atoms with Gasteiger partial charge in [0.1, 0.15) is 11.6 Å². The maximum Gasteiger partial charge on any atom is 0.134 e. The van der Waals surface area contributed by atoms with E-state index in [4.69, 9.17) is 0 Å². The molecule has 0 N–H and O–H groups in total. The van der Waals surface area contributed by atoms with Crippen LogP contribution < -0.4 is 10.4 Å². The molecule has 11 heavy (non-hydrogen) atoms. The normalized spacial score (nSPS) is 12.1. The third-order valence-electron chi connectivity index (χ3n) is 1.29. The highest BCUT2D eigenvalue weighted by Crippen LogP contribution is 1.93. The summed E-state index contributed by atoms with van der Waals surface area (Å²) >= 11 is 2.96. The minimum absolute atomic E-state index is 0.284. The molecule has 1 aromatic carbocycles. The minimum atomic E-state index is -0.606. The fraction of sp³-hybridized carbons (Fsp3) is 0. The number of hydrogen-bond acceptors (Lipinski definition) is 0. The Hall–Kier alpha value is -0.700. The van der Waals surface area contributed by atoms with Crippen LogP contribution in [0.3, 0.4) is 0 Å². The quantitative estimate of drug-likeness (QED) is 0.620. The molecule has 0 atom stereocenters. The van der Waals surface area contributed by atoms with Crippen molar-refractivity contribution in [3.8, 4) is 0 Å². The Morgan fingerprint density at radius 2 is 2.00 bits per heavy atom. The Bertz CT molecular complexity index is 370. The van der Waals surface area contributed by atoms with Crippen LogP contribution in [0.25, 0.3) is 11.6 Å². The number of hydrogen-bond donors (Lipinski definition) is 0. The van der Waals surface area contributed by atoms with E-state index >= 15 is 0 Å². The predicted molar refractivity (Wildman–Crippen MR) is 44.5 cm³/mol. The fourth-order valence-electron chi connectivity index (χ4n) is 0.760. The predicted octanol–water partition coefficient (Wildman–Crippen LogP) is 1.51. The van der Waals surface area contributed by atoms with Crippen molar-refractivity contribution < 1.29 is 8.78 Å². The molecule has 0 saturated heterocycles. The van der Waals surface area contributed by atoms with E-state index in [2.05, 4.69) is 22.5 Å². The van der Waals surface area contributed by atoms with Crippen LogP contribution >= 0.6 is 15.9 Å². The van der Waals surface area contributed by atoms with E-state index in [1.54, 1.807) is 0 Å². The van der Waals surface area contributed by atoms with E-state index < -0.39 is 11.6 Å². The summed E-state index contributed by atoms with van der Waals surface area (Å²) in [6, 6.07) is 2.00. The molecule has 0 heterocycles. The third kappa shape index (κ3) is 1.66. The Morgan fingerprint density at radius 1 is 1.36 bits per heavy atom. The first-order chi connectivity index (χ1) is 5.15. The van der Waals surface area contributed by atoms with Gasteiger partial charge in [0.25, 0.3) is 0 Å². The van der Waals surface area contributed by atoms with Gasteiger partial charge in [0.15, 0.2) is 0 Å². The summed E-state index contributed by atoms with van der Waals surface area (Å²) < 4.78 is 25.2. The van der Waals surface area contributed by atoms with Crippen LogP contribution in [0.5, 0.6) is 0 Å². The minimum Gasteiger partial charge on any atom is -0.207 e. The molecule has 0 radical (unpaired) electrons. The van der Waals surface area contributed by atoms with E-state index in [-0.39, 0.29) is 5.22 Å². The zero-order chi connectivity index (χ0) is 8.43. The molecule has 0 saturated carbocycles. The average Bonchev–Trinajstić information content (AvgIpc) is 1.85. The Balaban J connectivity index is 3.64. The lowest BCUT2D eigenvalue weighted by Crippen LogP contribution is -2.26. The molecular formula is C8H5BrF2. The lowest BCUT2D eigenvalue weighted by Gasteiger charge is -1.91. The first kappa shape index (κ1) is 8.40. The van der Waals surface area contributed by atoms with E-state index in [1.807, 2.05) is 0 Å². The molecular weight excluding hydrogens is 214 g/mol. The molecule has 3 heteroatoms. The van der Waals surface area contributed by atoms with Gasteiger partial charge < -0.3 is 0 Å². The summed E-state index contributed by atoms with van der Waals surface area (Å²) in [6.45, 7) is 3.47. The number of halogens is 3. The van der Waals surface area contributed by atoms with E-state index in [9.17, 15) is 8.78 Å². The molecule has 0 nitrogen and oxygen atoms in total.